The molecule has 0 aliphatic heterocycles. The zero-order valence-corrected chi connectivity index (χ0v) is 12.0. The van der Waals surface area contributed by atoms with E-state index in [1.165, 1.54) is 12.3 Å². The first-order valence-corrected chi connectivity index (χ1v) is 6.18. The van der Waals surface area contributed by atoms with E-state index in [2.05, 4.69) is 15.6 Å². The Labute approximate surface area is 117 Å². The maximum absolute atomic E-state index is 11.9. The number of nitrogen functional groups attached to an aromatic ring is 1. The summed E-state index contributed by atoms with van der Waals surface area (Å²) in [5, 5.41) is 14.6. The minimum absolute atomic E-state index is 0.00964. The number of rotatable bonds is 4. The molecule has 7 heteroatoms. The van der Waals surface area contributed by atoms with Gasteiger partial charge < -0.3 is 21.5 Å². The van der Waals surface area contributed by atoms with Crippen molar-refractivity contribution in [2.45, 2.75) is 39.3 Å². The van der Waals surface area contributed by atoms with E-state index in [4.69, 9.17) is 10.8 Å². The minimum atomic E-state index is -1.14. The molecule has 1 aromatic rings. The number of pyridine rings is 1. The highest BCUT2D eigenvalue weighted by Crippen LogP contribution is 2.20. The average molecular weight is 280 g/mol. The van der Waals surface area contributed by atoms with Crippen LogP contribution in [0.2, 0.25) is 0 Å². The Bertz CT molecular complexity index is 523. The van der Waals surface area contributed by atoms with Crippen molar-refractivity contribution in [1.29, 1.82) is 0 Å². The second-order valence-corrected chi connectivity index (χ2v) is 5.53. The van der Waals surface area contributed by atoms with Crippen molar-refractivity contribution in [3.63, 3.8) is 0 Å². The zero-order chi connectivity index (χ0) is 15.5. The Balaban J connectivity index is 2.86. The molecule has 0 aliphatic carbocycles. The summed E-state index contributed by atoms with van der Waals surface area (Å²) < 4.78 is 0. The number of nitrogens with zero attached hydrogens (tertiary/aromatic N) is 1. The van der Waals surface area contributed by atoms with Crippen LogP contribution in [-0.4, -0.2) is 33.5 Å². The van der Waals surface area contributed by atoms with Crippen LogP contribution in [0.25, 0.3) is 0 Å². The molecule has 5 N–H and O–H groups in total. The summed E-state index contributed by atoms with van der Waals surface area (Å²) in [6.07, 6.45) is 1.33. The third kappa shape index (κ3) is 4.11. The lowest BCUT2D eigenvalue weighted by Crippen LogP contribution is -2.47. The van der Waals surface area contributed by atoms with E-state index in [1.54, 1.807) is 6.92 Å². The van der Waals surface area contributed by atoms with Gasteiger partial charge >= 0.3 is 5.97 Å². The number of aromatic nitrogens is 1. The number of carbonyl (C=O) groups is 2. The second kappa shape index (κ2) is 5.77. The fraction of sp³-hybridized carbons (Fsp3) is 0.462. The summed E-state index contributed by atoms with van der Waals surface area (Å²) in [4.78, 5) is 26.9. The number of hydrogen-bond donors (Lipinski definition) is 4. The van der Waals surface area contributed by atoms with Gasteiger partial charge in [-0.05, 0) is 33.8 Å². The first-order valence-electron chi connectivity index (χ1n) is 6.18. The van der Waals surface area contributed by atoms with E-state index in [9.17, 15) is 9.59 Å². The summed E-state index contributed by atoms with van der Waals surface area (Å²) in [6.45, 7) is 7.26. The lowest BCUT2D eigenvalue weighted by molar-refractivity contribution is -0.122. The Morgan fingerprint density at radius 3 is 2.50 bits per heavy atom. The quantitative estimate of drug-likeness (QED) is 0.655. The van der Waals surface area contributed by atoms with Crippen LogP contribution in [0.1, 0.15) is 38.1 Å². The Kier molecular flexibility index (Phi) is 4.54. The number of carbonyl (C=O) groups excluding carboxylic acids is 1. The first-order chi connectivity index (χ1) is 9.11. The molecule has 0 aliphatic rings. The molecule has 0 bridgehead atoms. The normalized spacial score (nSPS) is 12.6. The first kappa shape index (κ1) is 15.7. The number of hydrogen-bond acceptors (Lipinski definition) is 5. The molecule has 0 saturated carbocycles. The summed E-state index contributed by atoms with van der Waals surface area (Å²) >= 11 is 0. The number of nitrogens with one attached hydrogen (secondary N) is 2. The van der Waals surface area contributed by atoms with Gasteiger partial charge in [0, 0.05) is 11.7 Å². The predicted molar refractivity (Wildman–Crippen MR) is 76.6 cm³/mol. The van der Waals surface area contributed by atoms with Crippen LogP contribution in [0.15, 0.2) is 12.3 Å². The minimum Gasteiger partial charge on any atom is -0.478 e. The Hall–Kier alpha value is -2.31. The molecular formula is C13H20N4O3. The van der Waals surface area contributed by atoms with Crippen molar-refractivity contribution >= 4 is 23.4 Å². The molecule has 110 valence electrons. The Morgan fingerprint density at radius 2 is 2.00 bits per heavy atom. The molecule has 1 heterocycles. The fourth-order valence-corrected chi connectivity index (χ4v) is 1.52. The number of nitrogens with two attached hydrogens (primary N) is 1. The second-order valence-electron chi connectivity index (χ2n) is 5.53. The number of aromatic carboxylic acids is 1. The number of anilines is 2. The summed E-state index contributed by atoms with van der Waals surface area (Å²) in [7, 11) is 0. The molecule has 0 radical (unpaired) electrons. The molecule has 0 spiro atoms. The summed E-state index contributed by atoms with van der Waals surface area (Å²) in [5.74, 6) is -1.18. The van der Waals surface area contributed by atoms with Gasteiger partial charge in [-0.15, -0.1) is 0 Å². The van der Waals surface area contributed by atoms with Gasteiger partial charge in [0.05, 0.1) is 11.3 Å². The van der Waals surface area contributed by atoms with Crippen LogP contribution < -0.4 is 16.4 Å². The highest BCUT2D eigenvalue weighted by molar-refractivity contribution is 5.96. The summed E-state index contributed by atoms with van der Waals surface area (Å²) in [6, 6.07) is 0.719. The maximum Gasteiger partial charge on any atom is 0.337 e. The topological polar surface area (TPSA) is 117 Å². The van der Waals surface area contributed by atoms with Crippen LogP contribution in [0.4, 0.5) is 11.5 Å². The SMILES string of the molecule is CC(Nc1nccc(C(=O)O)c1N)C(=O)NC(C)(C)C. The average Bonchev–Trinajstić information content (AvgIpc) is 2.29. The van der Waals surface area contributed by atoms with Crippen LogP contribution >= 0.6 is 0 Å². The molecule has 20 heavy (non-hydrogen) atoms. The molecule has 1 rings (SSSR count). The van der Waals surface area contributed by atoms with Gasteiger partial charge in [0.25, 0.3) is 0 Å². The molecule has 0 saturated heterocycles. The molecule has 1 amide bonds. The third-order valence-electron chi connectivity index (χ3n) is 2.47. The van der Waals surface area contributed by atoms with Crippen LogP contribution in [0.3, 0.4) is 0 Å². The highest BCUT2D eigenvalue weighted by Gasteiger charge is 2.21. The molecule has 1 aromatic heterocycles. The highest BCUT2D eigenvalue weighted by atomic mass is 16.4. The molecule has 7 nitrogen and oxygen atoms in total. The smallest absolute Gasteiger partial charge is 0.337 e. The van der Waals surface area contributed by atoms with E-state index >= 15 is 0 Å². The van der Waals surface area contributed by atoms with Crippen molar-refractivity contribution in [2.24, 2.45) is 0 Å². The van der Waals surface area contributed by atoms with Crippen molar-refractivity contribution in [1.82, 2.24) is 10.3 Å². The van der Waals surface area contributed by atoms with E-state index in [-0.39, 0.29) is 28.5 Å². The molecule has 0 aromatic carbocycles. The van der Waals surface area contributed by atoms with Crippen LogP contribution in [-0.2, 0) is 4.79 Å². The standard InChI is InChI=1S/C13H20N4O3/c1-7(11(18)17-13(2,3)4)16-10-9(14)8(12(19)20)5-6-15-10/h5-7H,14H2,1-4H3,(H,15,16)(H,17,18)(H,19,20). The van der Waals surface area contributed by atoms with Gasteiger partial charge in [0.15, 0.2) is 5.82 Å². The molecular weight excluding hydrogens is 260 g/mol. The monoisotopic (exact) mass is 280 g/mol. The summed E-state index contributed by atoms with van der Waals surface area (Å²) in [5.41, 5.74) is 5.33. The van der Waals surface area contributed by atoms with Gasteiger partial charge in [0.1, 0.15) is 6.04 Å². The van der Waals surface area contributed by atoms with Gasteiger partial charge in [-0.3, -0.25) is 4.79 Å². The van der Waals surface area contributed by atoms with Crippen molar-refractivity contribution in [3.05, 3.63) is 17.8 Å². The predicted octanol–water partition coefficient (Wildman–Crippen LogP) is 1.08. The van der Waals surface area contributed by atoms with E-state index in [0.717, 1.165) is 0 Å². The van der Waals surface area contributed by atoms with Gasteiger partial charge in [-0.25, -0.2) is 9.78 Å². The molecule has 0 fully saturated rings. The van der Waals surface area contributed by atoms with Crippen molar-refractivity contribution in [2.75, 3.05) is 11.1 Å². The zero-order valence-electron chi connectivity index (χ0n) is 12.0. The number of carboxylic acid groups (broad SMARTS) is 1. The van der Waals surface area contributed by atoms with Crippen molar-refractivity contribution < 1.29 is 14.7 Å². The van der Waals surface area contributed by atoms with Crippen LogP contribution in [0.5, 0.6) is 0 Å². The maximum atomic E-state index is 11.9. The fourth-order valence-electron chi connectivity index (χ4n) is 1.52. The van der Waals surface area contributed by atoms with Gasteiger partial charge in [0.2, 0.25) is 5.91 Å². The van der Waals surface area contributed by atoms with Gasteiger partial charge in [-0.1, -0.05) is 0 Å². The van der Waals surface area contributed by atoms with Crippen LogP contribution in [0, 0.1) is 0 Å². The number of amides is 1. The third-order valence-corrected chi connectivity index (χ3v) is 2.47. The number of carboxylic acids is 1. The lowest BCUT2D eigenvalue weighted by Gasteiger charge is -2.24. The van der Waals surface area contributed by atoms with Gasteiger partial charge in [-0.2, -0.15) is 0 Å². The molecule has 1 atom stereocenters. The van der Waals surface area contributed by atoms with E-state index in [0.29, 0.717) is 0 Å². The van der Waals surface area contributed by atoms with Crippen molar-refractivity contribution in [3.8, 4) is 0 Å². The molecule has 1 unspecified atom stereocenters. The van der Waals surface area contributed by atoms with E-state index in [1.807, 2.05) is 20.8 Å². The van der Waals surface area contributed by atoms with E-state index < -0.39 is 12.0 Å². The largest absolute Gasteiger partial charge is 0.478 e. The lowest BCUT2D eigenvalue weighted by atomic mass is 10.1. The Morgan fingerprint density at radius 1 is 1.40 bits per heavy atom.